The smallest absolute Gasteiger partial charge is 0.410 e. The molecule has 3 aromatic rings. The summed E-state index contributed by atoms with van der Waals surface area (Å²) >= 11 is 6.47. The number of nitrogens with zero attached hydrogens (tertiary/aromatic N) is 4. The Labute approximate surface area is 246 Å². The predicted octanol–water partition coefficient (Wildman–Crippen LogP) is 6.19. The second-order valence-corrected chi connectivity index (χ2v) is 12.8. The molecule has 3 heterocycles. The number of ether oxygens (including phenoxy) is 1. The first-order valence-electron chi connectivity index (χ1n) is 14.4. The molecule has 4 rings (SSSR count). The molecule has 1 fully saturated rings. The minimum absolute atomic E-state index is 0.127. The molecule has 1 aliphatic rings. The number of benzene rings is 1. The second kappa shape index (κ2) is 11.1. The SMILES string of the molecule is [2H]C([2H])(Nc1n[nH]c2cc(Cl)c(C(C)(C)C)cc12)c1nc(C(F)F)c(C(=O)NC2CN(C(=O)OC(C)(C)C)C2)n1C(C)C. The van der Waals surface area contributed by atoms with Crippen LogP contribution in [0.1, 0.15) is 98.2 Å². The van der Waals surface area contributed by atoms with E-state index in [1.54, 1.807) is 46.8 Å². The number of carbonyl (C=O) groups is 2. The van der Waals surface area contributed by atoms with Crippen molar-refractivity contribution in [2.24, 2.45) is 0 Å². The highest BCUT2D eigenvalue weighted by molar-refractivity contribution is 6.32. The number of halogens is 3. The maximum Gasteiger partial charge on any atom is 0.410 e. The number of likely N-dealkylation sites (tertiary alicyclic amines) is 1. The molecule has 0 saturated carbocycles. The molecule has 0 spiro atoms. The zero-order chi connectivity index (χ0) is 32.2. The van der Waals surface area contributed by atoms with Gasteiger partial charge < -0.3 is 24.8 Å². The van der Waals surface area contributed by atoms with Gasteiger partial charge in [0.1, 0.15) is 22.8 Å². The summed E-state index contributed by atoms with van der Waals surface area (Å²) in [4.78, 5) is 31.0. The van der Waals surface area contributed by atoms with Crippen LogP contribution in [0.5, 0.6) is 0 Å². The van der Waals surface area contributed by atoms with E-state index in [4.69, 9.17) is 19.1 Å². The molecule has 224 valence electrons. The average Bonchev–Trinajstić information content (AvgIpc) is 3.40. The van der Waals surface area contributed by atoms with Gasteiger partial charge in [0, 0.05) is 29.5 Å². The van der Waals surface area contributed by atoms with Crippen LogP contribution < -0.4 is 10.6 Å². The topological polar surface area (TPSA) is 117 Å². The molecule has 0 atom stereocenters. The fourth-order valence-electron chi connectivity index (χ4n) is 4.54. The van der Waals surface area contributed by atoms with Crippen LogP contribution in [0.4, 0.5) is 19.4 Å². The van der Waals surface area contributed by atoms with Gasteiger partial charge >= 0.3 is 6.09 Å². The van der Waals surface area contributed by atoms with Crippen molar-refractivity contribution in [2.45, 2.75) is 91.4 Å². The number of aromatic amines is 1. The number of fused-ring (bicyclic) bond motifs is 1. The van der Waals surface area contributed by atoms with Crippen LogP contribution >= 0.6 is 11.6 Å². The number of imidazole rings is 1. The first kappa shape index (κ1) is 27.7. The molecule has 1 aromatic carbocycles. The van der Waals surface area contributed by atoms with Crippen molar-refractivity contribution in [3.8, 4) is 0 Å². The molecular formula is C28H38ClF2N7O3. The molecule has 2 aromatic heterocycles. The van der Waals surface area contributed by atoms with Crippen LogP contribution in [0, 0.1) is 0 Å². The number of hydrogen-bond donors (Lipinski definition) is 3. The van der Waals surface area contributed by atoms with Gasteiger partial charge in [-0.3, -0.25) is 9.89 Å². The monoisotopic (exact) mass is 595 g/mol. The van der Waals surface area contributed by atoms with Crippen LogP contribution in [0.3, 0.4) is 0 Å². The highest BCUT2D eigenvalue weighted by Crippen LogP contribution is 2.35. The van der Waals surface area contributed by atoms with Crippen LogP contribution in [0.15, 0.2) is 12.1 Å². The normalized spacial score (nSPS) is 15.7. The molecule has 2 amide bonds. The van der Waals surface area contributed by atoms with E-state index in [1.165, 1.54) is 9.47 Å². The van der Waals surface area contributed by atoms with Crippen LogP contribution in [0.2, 0.25) is 5.02 Å². The van der Waals surface area contributed by atoms with Gasteiger partial charge in [-0.15, -0.1) is 0 Å². The van der Waals surface area contributed by atoms with Crippen molar-refractivity contribution in [3.05, 3.63) is 39.9 Å². The lowest BCUT2D eigenvalue weighted by Crippen LogP contribution is -2.61. The van der Waals surface area contributed by atoms with Gasteiger partial charge in [-0.1, -0.05) is 32.4 Å². The molecule has 1 saturated heterocycles. The zero-order valence-corrected chi connectivity index (χ0v) is 25.2. The zero-order valence-electron chi connectivity index (χ0n) is 26.4. The van der Waals surface area contributed by atoms with Gasteiger partial charge in [-0.2, -0.15) is 5.10 Å². The number of alkyl halides is 2. The molecule has 0 radical (unpaired) electrons. The summed E-state index contributed by atoms with van der Waals surface area (Å²) in [5.74, 6) is -1.13. The largest absolute Gasteiger partial charge is 0.444 e. The summed E-state index contributed by atoms with van der Waals surface area (Å²) in [6, 6.07) is 2.38. The molecule has 3 N–H and O–H groups in total. The number of rotatable bonds is 7. The minimum atomic E-state index is -3.15. The summed E-state index contributed by atoms with van der Waals surface area (Å²) in [6.07, 6.45) is -3.69. The summed E-state index contributed by atoms with van der Waals surface area (Å²) in [5.41, 5.74) is -0.923. The third-order valence-corrected chi connectivity index (χ3v) is 6.81. The van der Waals surface area contributed by atoms with Crippen LogP contribution in [-0.4, -0.2) is 61.4 Å². The molecule has 41 heavy (non-hydrogen) atoms. The van der Waals surface area contributed by atoms with Crippen molar-refractivity contribution in [2.75, 3.05) is 18.4 Å². The van der Waals surface area contributed by atoms with E-state index in [9.17, 15) is 18.4 Å². The average molecular weight is 596 g/mol. The highest BCUT2D eigenvalue weighted by atomic mass is 35.5. The minimum Gasteiger partial charge on any atom is -0.444 e. The van der Waals surface area contributed by atoms with Crippen LogP contribution in [0.25, 0.3) is 10.9 Å². The third-order valence-electron chi connectivity index (χ3n) is 6.50. The van der Waals surface area contributed by atoms with Gasteiger partial charge in [0.15, 0.2) is 5.82 Å². The Balaban J connectivity index is 1.64. The lowest BCUT2D eigenvalue weighted by atomic mass is 9.86. The van der Waals surface area contributed by atoms with Crippen molar-refractivity contribution in [3.63, 3.8) is 0 Å². The van der Waals surface area contributed by atoms with E-state index in [0.29, 0.717) is 15.9 Å². The summed E-state index contributed by atoms with van der Waals surface area (Å²) in [7, 11) is 0. The fourth-order valence-corrected chi connectivity index (χ4v) is 4.99. The number of amides is 2. The molecular weight excluding hydrogens is 556 g/mol. The van der Waals surface area contributed by atoms with E-state index >= 15 is 0 Å². The first-order valence-corrected chi connectivity index (χ1v) is 13.7. The molecule has 0 unspecified atom stereocenters. The summed E-state index contributed by atoms with van der Waals surface area (Å²) in [5, 5.41) is 13.5. The second-order valence-electron chi connectivity index (χ2n) is 12.4. The van der Waals surface area contributed by atoms with Crippen LogP contribution in [-0.2, 0) is 16.6 Å². The molecule has 0 bridgehead atoms. The molecule has 13 heteroatoms. The lowest BCUT2D eigenvalue weighted by Gasteiger charge is -2.40. The lowest BCUT2D eigenvalue weighted by molar-refractivity contribution is 0.00526. The van der Waals surface area contributed by atoms with Gasteiger partial charge in [-0.05, 0) is 57.7 Å². The van der Waals surface area contributed by atoms with Gasteiger partial charge in [0.05, 0.1) is 20.8 Å². The summed E-state index contributed by atoms with van der Waals surface area (Å²) < 4.78 is 52.7. The molecule has 10 nitrogen and oxygen atoms in total. The fraction of sp³-hybridized carbons (Fsp3) is 0.571. The Bertz CT molecular complexity index is 1540. The number of H-pyrrole nitrogens is 1. The van der Waals surface area contributed by atoms with Gasteiger partial charge in [0.25, 0.3) is 12.3 Å². The molecule has 1 aliphatic heterocycles. The van der Waals surface area contributed by atoms with Gasteiger partial charge in [0.2, 0.25) is 0 Å². The van der Waals surface area contributed by atoms with Crippen molar-refractivity contribution >= 4 is 40.3 Å². The standard InChI is InChI=1S/C28H38ClF2N7O3/c1-14(2)38-20(11-32-24-16-9-17(27(3,4)5)18(29)10-19(16)35-36-24)34-21(23(30)31)22(38)25(39)33-15-12-37(13-15)26(40)41-28(6,7)8/h9-10,14-15,23H,11-13H2,1-8H3,(H,33,39)(H2,32,35,36)/i11D2. The van der Waals surface area contributed by atoms with E-state index in [2.05, 4.69) is 25.8 Å². The maximum atomic E-state index is 14.3. The number of aromatic nitrogens is 4. The van der Waals surface area contributed by atoms with E-state index in [0.717, 1.165) is 5.56 Å². The van der Waals surface area contributed by atoms with E-state index < -0.39 is 59.8 Å². The maximum absolute atomic E-state index is 14.3. The number of hydrogen-bond acceptors (Lipinski definition) is 6. The summed E-state index contributed by atoms with van der Waals surface area (Å²) in [6.45, 7) is 12.2. The predicted molar refractivity (Wildman–Crippen MR) is 154 cm³/mol. The van der Waals surface area contributed by atoms with E-state index in [1.807, 2.05) is 20.8 Å². The van der Waals surface area contributed by atoms with Crippen molar-refractivity contribution in [1.29, 1.82) is 0 Å². The van der Waals surface area contributed by atoms with Crippen molar-refractivity contribution < 1.29 is 25.8 Å². The number of anilines is 1. The Morgan fingerprint density at radius 3 is 2.44 bits per heavy atom. The Morgan fingerprint density at radius 2 is 1.88 bits per heavy atom. The number of nitrogens with one attached hydrogen (secondary N) is 3. The van der Waals surface area contributed by atoms with Gasteiger partial charge in [-0.25, -0.2) is 18.6 Å². The Morgan fingerprint density at radius 1 is 1.22 bits per heavy atom. The Hall–Kier alpha value is -3.41. The van der Waals surface area contributed by atoms with E-state index in [-0.39, 0.29) is 24.3 Å². The quantitative estimate of drug-likeness (QED) is 0.300. The van der Waals surface area contributed by atoms with Crippen molar-refractivity contribution in [1.82, 2.24) is 30.0 Å². The first-order chi connectivity index (χ1) is 19.7. The third kappa shape index (κ3) is 6.58. The Kier molecular flexibility index (Phi) is 7.52. The number of carbonyl (C=O) groups excluding carboxylic acids is 2. The highest BCUT2D eigenvalue weighted by Gasteiger charge is 2.37. The molecule has 0 aliphatic carbocycles.